The normalized spacial score (nSPS) is 11.0. The summed E-state index contributed by atoms with van der Waals surface area (Å²) < 4.78 is 33.5. The van der Waals surface area contributed by atoms with Crippen LogP contribution in [0, 0.1) is 0 Å². The van der Waals surface area contributed by atoms with E-state index >= 15 is 0 Å². The second-order valence-corrected chi connectivity index (χ2v) is 6.67. The summed E-state index contributed by atoms with van der Waals surface area (Å²) >= 11 is 3.45. The van der Waals surface area contributed by atoms with Gasteiger partial charge in [0.15, 0.2) is 0 Å². The molecule has 0 spiro atoms. The van der Waals surface area contributed by atoms with Crippen LogP contribution >= 0.6 is 15.9 Å². The van der Waals surface area contributed by atoms with Crippen LogP contribution in [0.15, 0.2) is 41.0 Å². The molecule has 0 saturated heterocycles. The number of aromatic nitrogens is 1. The molecule has 29 heavy (non-hydrogen) atoms. The van der Waals surface area contributed by atoms with Gasteiger partial charge in [0.25, 0.3) is 0 Å². The molecule has 0 unspecified atom stereocenters. The lowest BCUT2D eigenvalue weighted by molar-refractivity contribution is -0.131. The van der Waals surface area contributed by atoms with Crippen LogP contribution in [0.1, 0.15) is 18.1 Å². The number of carbonyl (C=O) groups excluding carboxylic acids is 1. The van der Waals surface area contributed by atoms with Crippen LogP contribution < -0.4 is 9.47 Å². The average Bonchev–Trinajstić information content (AvgIpc) is 2.70. The van der Waals surface area contributed by atoms with E-state index in [0.717, 1.165) is 15.6 Å². The zero-order valence-electron chi connectivity index (χ0n) is 16.1. The van der Waals surface area contributed by atoms with Crippen LogP contribution in [0.3, 0.4) is 0 Å². The third kappa shape index (κ3) is 9.17. The van der Waals surface area contributed by atoms with Gasteiger partial charge in [-0.25, -0.2) is 9.37 Å². The van der Waals surface area contributed by atoms with E-state index in [9.17, 15) is 9.18 Å². The van der Waals surface area contributed by atoms with Gasteiger partial charge < -0.3 is 18.9 Å². The summed E-state index contributed by atoms with van der Waals surface area (Å²) in [4.78, 5) is 15.2. The Balaban J connectivity index is 1.78. The molecule has 0 aliphatic carbocycles. The summed E-state index contributed by atoms with van der Waals surface area (Å²) in [7, 11) is 0. The molecule has 0 bridgehead atoms. The molecule has 0 saturated carbocycles. The Morgan fingerprint density at radius 2 is 1.69 bits per heavy atom. The average molecular weight is 468 g/mol. The molecule has 0 atom stereocenters. The Kier molecular flexibility index (Phi) is 10.3. The van der Waals surface area contributed by atoms with E-state index in [1.54, 1.807) is 18.3 Å². The number of nitrogens with zero attached hydrogens (tertiary/aromatic N) is 1. The molecule has 2 rings (SSSR count). The first-order valence-corrected chi connectivity index (χ1v) is 9.84. The first-order chi connectivity index (χ1) is 14.1. The third-order valence-corrected chi connectivity index (χ3v) is 4.07. The fourth-order valence-corrected chi connectivity index (χ4v) is 2.70. The highest BCUT2D eigenvalue weighted by atomic mass is 79.9. The van der Waals surface area contributed by atoms with Crippen molar-refractivity contribution in [3.63, 3.8) is 0 Å². The van der Waals surface area contributed by atoms with Crippen molar-refractivity contribution in [2.45, 2.75) is 6.92 Å². The highest BCUT2D eigenvalue weighted by molar-refractivity contribution is 9.10. The number of esters is 1. The van der Waals surface area contributed by atoms with Crippen molar-refractivity contribution < 1.29 is 28.1 Å². The summed E-state index contributed by atoms with van der Waals surface area (Å²) in [6.45, 7) is 2.46. The Labute approximate surface area is 177 Å². The van der Waals surface area contributed by atoms with E-state index in [0.29, 0.717) is 38.1 Å². The SMILES string of the molecule is CC(=O)Oc1ccc(/C=C/c2cnc(OCCOCCOCCF)c(Br)c2)cc1. The largest absolute Gasteiger partial charge is 0.474 e. The van der Waals surface area contributed by atoms with Gasteiger partial charge in [-0.2, -0.15) is 0 Å². The molecule has 8 heteroatoms. The molecule has 0 aliphatic heterocycles. The molecule has 156 valence electrons. The first-order valence-electron chi connectivity index (χ1n) is 9.05. The van der Waals surface area contributed by atoms with Gasteiger partial charge in [0.05, 0.1) is 30.9 Å². The second-order valence-electron chi connectivity index (χ2n) is 5.81. The molecular weight excluding hydrogens is 445 g/mol. The Hall–Kier alpha value is -2.29. The molecule has 0 amide bonds. The molecule has 1 heterocycles. The number of ether oxygens (including phenoxy) is 4. The minimum absolute atomic E-state index is 0.0944. The van der Waals surface area contributed by atoms with Gasteiger partial charge in [0, 0.05) is 13.1 Å². The maximum Gasteiger partial charge on any atom is 0.308 e. The predicted molar refractivity (Wildman–Crippen MR) is 112 cm³/mol. The highest BCUT2D eigenvalue weighted by Gasteiger charge is 2.04. The number of hydrogen-bond donors (Lipinski definition) is 0. The Bertz CT molecular complexity index is 798. The van der Waals surface area contributed by atoms with Crippen LogP contribution in [-0.4, -0.2) is 50.7 Å². The number of pyridine rings is 1. The van der Waals surface area contributed by atoms with Crippen molar-refractivity contribution >= 4 is 34.1 Å². The molecule has 0 aliphatic rings. The Morgan fingerprint density at radius 3 is 2.34 bits per heavy atom. The number of carbonyl (C=O) groups is 1. The highest BCUT2D eigenvalue weighted by Crippen LogP contribution is 2.24. The van der Waals surface area contributed by atoms with Crippen LogP contribution in [0.4, 0.5) is 4.39 Å². The van der Waals surface area contributed by atoms with Crippen molar-refractivity contribution in [2.75, 3.05) is 39.7 Å². The fraction of sp³-hybridized carbons (Fsp3) is 0.333. The number of rotatable bonds is 12. The number of halogens is 2. The second kappa shape index (κ2) is 13.0. The standard InChI is InChI=1S/C21H23BrFNO5/c1-16(25)29-19-6-4-17(5-7-19)2-3-18-14-20(22)21(24-15-18)28-13-12-27-11-10-26-9-8-23/h2-7,14-15H,8-13H2,1H3/b3-2+. The van der Waals surface area contributed by atoms with Crippen LogP contribution in [0.25, 0.3) is 12.2 Å². The van der Waals surface area contributed by atoms with E-state index < -0.39 is 6.67 Å². The quantitative estimate of drug-likeness (QED) is 0.263. The summed E-state index contributed by atoms with van der Waals surface area (Å²) in [6, 6.07) is 9.09. The molecule has 0 radical (unpaired) electrons. The number of benzene rings is 1. The molecule has 1 aromatic heterocycles. The van der Waals surface area contributed by atoms with Crippen LogP contribution in [0.5, 0.6) is 11.6 Å². The first kappa shape index (κ1) is 23.0. The Morgan fingerprint density at radius 1 is 1.03 bits per heavy atom. The minimum atomic E-state index is -0.490. The van der Waals surface area contributed by atoms with Crippen LogP contribution in [0.2, 0.25) is 0 Å². The summed E-state index contributed by atoms with van der Waals surface area (Å²) in [5.41, 5.74) is 1.86. The zero-order chi connectivity index (χ0) is 20.9. The summed E-state index contributed by atoms with van der Waals surface area (Å²) in [5.74, 6) is 0.641. The van der Waals surface area contributed by atoms with Crippen molar-refractivity contribution in [3.05, 3.63) is 52.1 Å². The van der Waals surface area contributed by atoms with Crippen molar-refractivity contribution in [1.82, 2.24) is 4.98 Å². The van der Waals surface area contributed by atoms with E-state index in [1.165, 1.54) is 6.92 Å². The topological polar surface area (TPSA) is 66.9 Å². The van der Waals surface area contributed by atoms with Gasteiger partial charge in [-0.3, -0.25) is 4.79 Å². The van der Waals surface area contributed by atoms with Gasteiger partial charge in [-0.05, 0) is 45.3 Å². The molecule has 6 nitrogen and oxygen atoms in total. The summed E-state index contributed by atoms with van der Waals surface area (Å²) in [6.07, 6.45) is 5.55. The lowest BCUT2D eigenvalue weighted by Gasteiger charge is -2.08. The monoisotopic (exact) mass is 467 g/mol. The van der Waals surface area contributed by atoms with Crippen LogP contribution in [-0.2, 0) is 14.3 Å². The van der Waals surface area contributed by atoms with Gasteiger partial charge in [0.2, 0.25) is 5.88 Å². The minimum Gasteiger partial charge on any atom is -0.474 e. The molecule has 0 fully saturated rings. The van der Waals surface area contributed by atoms with Gasteiger partial charge in [-0.1, -0.05) is 24.3 Å². The lowest BCUT2D eigenvalue weighted by atomic mass is 10.1. The van der Waals surface area contributed by atoms with Gasteiger partial charge >= 0.3 is 5.97 Å². The third-order valence-electron chi connectivity index (χ3n) is 3.50. The van der Waals surface area contributed by atoms with Gasteiger partial charge in [0.1, 0.15) is 19.0 Å². The van der Waals surface area contributed by atoms with Crippen molar-refractivity contribution in [1.29, 1.82) is 0 Å². The van der Waals surface area contributed by atoms with E-state index in [1.807, 2.05) is 30.4 Å². The van der Waals surface area contributed by atoms with E-state index in [2.05, 4.69) is 20.9 Å². The van der Waals surface area contributed by atoms with Gasteiger partial charge in [-0.15, -0.1) is 0 Å². The van der Waals surface area contributed by atoms with Crippen molar-refractivity contribution in [3.8, 4) is 11.6 Å². The molecular formula is C21H23BrFNO5. The number of alkyl halides is 1. The molecule has 1 aromatic carbocycles. The lowest BCUT2D eigenvalue weighted by Crippen LogP contribution is -2.12. The molecule has 0 N–H and O–H groups in total. The maximum absolute atomic E-state index is 11.8. The number of hydrogen-bond acceptors (Lipinski definition) is 6. The predicted octanol–water partition coefficient (Wildman–Crippen LogP) is 4.32. The smallest absolute Gasteiger partial charge is 0.308 e. The molecule has 2 aromatic rings. The zero-order valence-corrected chi connectivity index (χ0v) is 17.7. The fourth-order valence-electron chi connectivity index (χ4n) is 2.22. The van der Waals surface area contributed by atoms with E-state index in [-0.39, 0.29) is 12.6 Å². The van der Waals surface area contributed by atoms with E-state index in [4.69, 9.17) is 18.9 Å². The summed E-state index contributed by atoms with van der Waals surface area (Å²) in [5, 5.41) is 0. The maximum atomic E-state index is 11.8. The van der Waals surface area contributed by atoms with Crippen molar-refractivity contribution in [2.24, 2.45) is 0 Å².